The molecule has 0 aliphatic carbocycles. The molecule has 4 rings (SSSR count). The maximum Gasteiger partial charge on any atom is 0.326 e. The molecule has 0 saturated heterocycles. The van der Waals surface area contributed by atoms with Gasteiger partial charge < -0.3 is 41.9 Å². The lowest BCUT2D eigenvalue weighted by Gasteiger charge is -2.25. The molecule has 45 heavy (non-hydrogen) atoms. The highest BCUT2D eigenvalue weighted by atomic mass is 16.4. The molecule has 14 heteroatoms. The fourth-order valence-electron chi connectivity index (χ4n) is 4.87. The highest BCUT2D eigenvalue weighted by Gasteiger charge is 2.31. The first-order valence-electron chi connectivity index (χ1n) is 14.3. The summed E-state index contributed by atoms with van der Waals surface area (Å²) in [4.78, 5) is 73.2. The van der Waals surface area contributed by atoms with Crippen LogP contribution in [0.1, 0.15) is 29.7 Å². The molecule has 236 valence electrons. The topological polar surface area (TPSA) is 232 Å². The van der Waals surface area contributed by atoms with E-state index in [-0.39, 0.29) is 25.7 Å². The van der Waals surface area contributed by atoms with Gasteiger partial charge in [-0.25, -0.2) is 9.78 Å². The molecule has 0 aliphatic rings. The normalized spacial score (nSPS) is 13.7. The summed E-state index contributed by atoms with van der Waals surface area (Å²) in [5, 5.41) is 27.5. The lowest BCUT2D eigenvalue weighted by molar-refractivity contribution is -0.143. The molecule has 4 aromatic rings. The number of nitrogens with zero attached hydrogens (tertiary/aromatic N) is 1. The lowest BCUT2D eigenvalue weighted by atomic mass is 10.0. The predicted octanol–water partition coefficient (Wildman–Crippen LogP) is 0.650. The summed E-state index contributed by atoms with van der Waals surface area (Å²) < 4.78 is 0. The van der Waals surface area contributed by atoms with Crippen molar-refractivity contribution in [2.75, 3.05) is 0 Å². The summed E-state index contributed by atoms with van der Waals surface area (Å²) in [5.74, 6) is -4.82. The fraction of sp³-hybridized carbons (Fsp3) is 0.290. The molecule has 2 aromatic heterocycles. The quantitative estimate of drug-likeness (QED) is 0.0880. The van der Waals surface area contributed by atoms with Crippen LogP contribution in [-0.2, 0) is 43.2 Å². The zero-order chi connectivity index (χ0) is 32.3. The van der Waals surface area contributed by atoms with Crippen LogP contribution in [0, 0.1) is 0 Å². The average molecular weight is 618 g/mol. The van der Waals surface area contributed by atoms with Gasteiger partial charge in [0.2, 0.25) is 17.7 Å². The Morgan fingerprint density at radius 3 is 2.13 bits per heavy atom. The van der Waals surface area contributed by atoms with E-state index in [2.05, 4.69) is 30.9 Å². The highest BCUT2D eigenvalue weighted by Crippen LogP contribution is 2.19. The number of nitrogens with one attached hydrogen (secondary N) is 5. The number of H-pyrrole nitrogens is 2. The number of aromatic amines is 2. The number of para-hydroxylation sites is 1. The Labute approximate surface area is 257 Å². The number of nitrogens with two attached hydrogens (primary N) is 1. The first kappa shape index (κ1) is 32.4. The first-order valence-corrected chi connectivity index (χ1v) is 14.3. The average Bonchev–Trinajstić information content (AvgIpc) is 3.68. The number of benzene rings is 2. The van der Waals surface area contributed by atoms with Crippen LogP contribution in [0.4, 0.5) is 0 Å². The molecule has 0 radical (unpaired) electrons. The van der Waals surface area contributed by atoms with E-state index >= 15 is 0 Å². The van der Waals surface area contributed by atoms with Crippen molar-refractivity contribution in [3.8, 4) is 0 Å². The lowest BCUT2D eigenvalue weighted by Crippen LogP contribution is -2.58. The Kier molecular flexibility index (Phi) is 11.0. The molecule has 14 nitrogen and oxygen atoms in total. The molecule has 9 N–H and O–H groups in total. The van der Waals surface area contributed by atoms with Crippen molar-refractivity contribution in [1.29, 1.82) is 0 Å². The number of carbonyl (C=O) groups excluding carboxylic acids is 3. The molecular weight excluding hydrogens is 582 g/mol. The third-order valence-electron chi connectivity index (χ3n) is 7.24. The van der Waals surface area contributed by atoms with Gasteiger partial charge in [-0.3, -0.25) is 19.2 Å². The van der Waals surface area contributed by atoms with Crippen LogP contribution in [-0.4, -0.2) is 79.0 Å². The molecule has 0 spiro atoms. The van der Waals surface area contributed by atoms with E-state index in [4.69, 9.17) is 5.73 Å². The zero-order valence-corrected chi connectivity index (χ0v) is 24.2. The van der Waals surface area contributed by atoms with Gasteiger partial charge in [0.1, 0.15) is 18.1 Å². The number of carboxylic acids is 2. The number of hydrogen-bond acceptors (Lipinski definition) is 7. The Morgan fingerprint density at radius 2 is 1.44 bits per heavy atom. The van der Waals surface area contributed by atoms with Crippen LogP contribution < -0.4 is 21.7 Å². The number of fused-ring (bicyclic) bond motifs is 1. The van der Waals surface area contributed by atoms with Crippen LogP contribution in [0.2, 0.25) is 0 Å². The van der Waals surface area contributed by atoms with Gasteiger partial charge in [0.15, 0.2) is 0 Å². The molecule has 2 heterocycles. The number of rotatable bonds is 16. The van der Waals surface area contributed by atoms with E-state index in [0.717, 1.165) is 16.5 Å². The van der Waals surface area contributed by atoms with Gasteiger partial charge in [0, 0.05) is 48.3 Å². The Morgan fingerprint density at radius 1 is 0.778 bits per heavy atom. The van der Waals surface area contributed by atoms with Gasteiger partial charge in [-0.15, -0.1) is 0 Å². The van der Waals surface area contributed by atoms with Crippen molar-refractivity contribution < 1.29 is 34.2 Å². The van der Waals surface area contributed by atoms with Crippen LogP contribution in [0.3, 0.4) is 0 Å². The standard InChI is InChI=1S/C31H35N7O7/c32-22(12-18-6-2-1-3-7-18)28(41)37-25(14-20-16-33-17-35-20)30(43)36-24(10-11-27(39)40)29(42)38-26(31(44)45)13-19-15-34-23-9-5-4-8-21(19)23/h1-9,15-17,22,24-26,34H,10-14,32H2,(H,33,35)(H,36,43)(H,37,41)(H,38,42)(H,39,40)(H,44,45). The molecular formula is C31H35N7O7. The number of carbonyl (C=O) groups is 5. The minimum Gasteiger partial charge on any atom is -0.481 e. The van der Waals surface area contributed by atoms with Crippen molar-refractivity contribution in [2.24, 2.45) is 5.73 Å². The van der Waals surface area contributed by atoms with Crippen LogP contribution in [0.15, 0.2) is 73.3 Å². The summed E-state index contributed by atoms with van der Waals surface area (Å²) in [7, 11) is 0. The van der Waals surface area contributed by atoms with E-state index < -0.39 is 60.2 Å². The van der Waals surface area contributed by atoms with Gasteiger partial charge in [0.05, 0.1) is 12.4 Å². The summed E-state index contributed by atoms with van der Waals surface area (Å²) >= 11 is 0. The van der Waals surface area contributed by atoms with Crippen LogP contribution >= 0.6 is 0 Å². The molecule has 0 bridgehead atoms. The smallest absolute Gasteiger partial charge is 0.326 e. The Balaban J connectivity index is 1.48. The Bertz CT molecular complexity index is 1620. The maximum absolute atomic E-state index is 13.5. The van der Waals surface area contributed by atoms with E-state index in [1.807, 2.05) is 48.5 Å². The molecule has 4 atom stereocenters. The van der Waals surface area contributed by atoms with E-state index in [9.17, 15) is 34.2 Å². The summed E-state index contributed by atoms with van der Waals surface area (Å²) in [6, 6.07) is 11.4. The van der Waals surface area contributed by atoms with Crippen molar-refractivity contribution >= 4 is 40.6 Å². The van der Waals surface area contributed by atoms with Crippen molar-refractivity contribution in [3.05, 3.63) is 90.1 Å². The molecule has 0 saturated carbocycles. The predicted molar refractivity (Wildman–Crippen MR) is 163 cm³/mol. The third-order valence-corrected chi connectivity index (χ3v) is 7.24. The van der Waals surface area contributed by atoms with E-state index in [0.29, 0.717) is 11.3 Å². The number of imidazole rings is 1. The fourth-order valence-corrected chi connectivity index (χ4v) is 4.87. The van der Waals surface area contributed by atoms with E-state index in [1.165, 1.54) is 12.5 Å². The first-order chi connectivity index (χ1) is 21.6. The van der Waals surface area contributed by atoms with Crippen molar-refractivity contribution in [2.45, 2.75) is 56.3 Å². The second-order valence-corrected chi connectivity index (χ2v) is 10.6. The summed E-state index contributed by atoms with van der Waals surface area (Å²) in [5.41, 5.74) is 8.89. The molecule has 4 unspecified atom stereocenters. The summed E-state index contributed by atoms with van der Waals surface area (Å²) in [6.45, 7) is 0. The minimum atomic E-state index is -1.42. The molecule has 0 aliphatic heterocycles. The molecule has 2 aromatic carbocycles. The third kappa shape index (κ3) is 9.24. The van der Waals surface area contributed by atoms with Crippen molar-refractivity contribution in [3.63, 3.8) is 0 Å². The van der Waals surface area contributed by atoms with Gasteiger partial charge in [-0.1, -0.05) is 48.5 Å². The van der Waals surface area contributed by atoms with Gasteiger partial charge >= 0.3 is 11.9 Å². The second-order valence-electron chi connectivity index (χ2n) is 10.6. The molecule has 3 amide bonds. The van der Waals surface area contributed by atoms with Crippen LogP contribution in [0.25, 0.3) is 10.9 Å². The van der Waals surface area contributed by atoms with Gasteiger partial charge in [-0.05, 0) is 30.0 Å². The van der Waals surface area contributed by atoms with Gasteiger partial charge in [-0.2, -0.15) is 0 Å². The highest BCUT2D eigenvalue weighted by molar-refractivity contribution is 5.94. The zero-order valence-electron chi connectivity index (χ0n) is 24.2. The monoisotopic (exact) mass is 617 g/mol. The summed E-state index contributed by atoms with van der Waals surface area (Å²) in [6.07, 6.45) is 3.80. The second kappa shape index (κ2) is 15.3. The number of aliphatic carboxylic acids is 2. The van der Waals surface area contributed by atoms with Crippen molar-refractivity contribution in [1.82, 2.24) is 30.9 Å². The van der Waals surface area contributed by atoms with E-state index in [1.54, 1.807) is 12.3 Å². The number of amides is 3. The van der Waals surface area contributed by atoms with Gasteiger partial charge in [0.25, 0.3) is 0 Å². The Hall–Kier alpha value is -5.50. The number of carboxylic acid groups (broad SMARTS) is 2. The SMILES string of the molecule is NC(Cc1ccccc1)C(=O)NC(Cc1cnc[nH]1)C(=O)NC(CCC(=O)O)C(=O)NC(Cc1c[nH]c2ccccc12)C(=O)O. The maximum atomic E-state index is 13.5. The van der Waals surface area contributed by atoms with Crippen LogP contribution in [0.5, 0.6) is 0 Å². The number of aromatic nitrogens is 3. The number of hydrogen-bond donors (Lipinski definition) is 8. The largest absolute Gasteiger partial charge is 0.481 e. The minimum absolute atomic E-state index is 0.0405. The molecule has 0 fully saturated rings.